The molecule has 0 unspecified atom stereocenters. The molecular formula is C28H32N2O5. The van der Waals surface area contributed by atoms with Gasteiger partial charge in [0.1, 0.15) is 5.69 Å². The number of aldehydes is 1. The van der Waals surface area contributed by atoms with Crippen molar-refractivity contribution < 1.29 is 19.5 Å². The van der Waals surface area contributed by atoms with Crippen LogP contribution in [0.3, 0.4) is 0 Å². The number of carboxylic acid groups (broad SMARTS) is 1. The molecule has 7 heteroatoms. The van der Waals surface area contributed by atoms with Crippen LogP contribution in [0, 0.1) is 5.92 Å². The van der Waals surface area contributed by atoms with Gasteiger partial charge in [0, 0.05) is 6.42 Å². The predicted molar refractivity (Wildman–Crippen MR) is 135 cm³/mol. The highest BCUT2D eigenvalue weighted by Crippen LogP contribution is 2.25. The third-order valence-corrected chi connectivity index (χ3v) is 6.11. The van der Waals surface area contributed by atoms with Gasteiger partial charge in [0.25, 0.3) is 0 Å². The summed E-state index contributed by atoms with van der Waals surface area (Å²) in [4.78, 5) is 49.7. The Balaban J connectivity index is 2.00. The van der Waals surface area contributed by atoms with E-state index in [0.29, 0.717) is 36.3 Å². The van der Waals surface area contributed by atoms with Gasteiger partial charge in [0.2, 0.25) is 5.91 Å². The summed E-state index contributed by atoms with van der Waals surface area (Å²) in [6.07, 6.45) is 3.58. The maximum atomic E-state index is 13.3. The first-order valence-corrected chi connectivity index (χ1v) is 12.0. The Kier molecular flexibility index (Phi) is 8.58. The van der Waals surface area contributed by atoms with Crippen LogP contribution < -0.4 is 5.69 Å². The lowest BCUT2D eigenvalue weighted by atomic mass is 9.98. The summed E-state index contributed by atoms with van der Waals surface area (Å²) in [5.74, 6) is -0.989. The number of aromatic carboxylic acids is 1. The lowest BCUT2D eigenvalue weighted by molar-refractivity contribution is 0.0697. The van der Waals surface area contributed by atoms with Crippen molar-refractivity contribution in [3.05, 3.63) is 81.5 Å². The van der Waals surface area contributed by atoms with Crippen LogP contribution in [0.2, 0.25) is 0 Å². The first-order valence-electron chi connectivity index (χ1n) is 12.0. The van der Waals surface area contributed by atoms with Gasteiger partial charge in [-0.15, -0.1) is 0 Å². The number of nitrogens with zero attached hydrogens (tertiary/aromatic N) is 2. The van der Waals surface area contributed by atoms with Crippen LogP contribution in [-0.4, -0.2) is 32.4 Å². The van der Waals surface area contributed by atoms with Crippen LogP contribution in [0.25, 0.3) is 11.1 Å². The Hall–Kier alpha value is -3.74. The van der Waals surface area contributed by atoms with Crippen LogP contribution >= 0.6 is 0 Å². The standard InChI is InChI=1S/C28H32N2O5/c1-4-5-10-26(32)30-25(18-31)24(16-11-19(2)3)29(28(30)35)17-20-12-14-21(15-13-20)22-8-6-7-9-23(22)27(33)34/h6-9,12-15,18-19H,4-5,10-11,16-17H2,1-3H3,(H,33,34). The maximum absolute atomic E-state index is 13.3. The highest BCUT2D eigenvalue weighted by molar-refractivity contribution is 5.96. The fourth-order valence-corrected chi connectivity index (χ4v) is 4.15. The quantitative estimate of drug-likeness (QED) is 0.379. The fraction of sp³-hybridized carbons (Fsp3) is 0.357. The molecule has 0 radical (unpaired) electrons. The van der Waals surface area contributed by atoms with Crippen molar-refractivity contribution >= 4 is 18.2 Å². The molecule has 1 aromatic heterocycles. The van der Waals surface area contributed by atoms with Gasteiger partial charge in [0.15, 0.2) is 6.29 Å². The van der Waals surface area contributed by atoms with Crippen LogP contribution in [0.5, 0.6) is 0 Å². The number of carboxylic acids is 1. The minimum absolute atomic E-state index is 0.142. The van der Waals surface area contributed by atoms with Crippen molar-refractivity contribution in [3.8, 4) is 11.1 Å². The van der Waals surface area contributed by atoms with Gasteiger partial charge in [0.05, 0.1) is 17.8 Å². The van der Waals surface area contributed by atoms with E-state index in [-0.39, 0.29) is 30.1 Å². The number of carbonyl (C=O) groups excluding carboxylic acids is 2. The zero-order chi connectivity index (χ0) is 25.5. The molecule has 7 nitrogen and oxygen atoms in total. The molecule has 0 saturated carbocycles. The van der Waals surface area contributed by atoms with E-state index in [1.54, 1.807) is 24.3 Å². The summed E-state index contributed by atoms with van der Waals surface area (Å²) in [5, 5.41) is 9.48. The molecule has 3 aromatic rings. The van der Waals surface area contributed by atoms with E-state index in [2.05, 4.69) is 13.8 Å². The molecule has 0 bridgehead atoms. The third-order valence-electron chi connectivity index (χ3n) is 6.11. The topological polar surface area (TPSA) is 98.4 Å². The zero-order valence-corrected chi connectivity index (χ0v) is 20.5. The molecule has 35 heavy (non-hydrogen) atoms. The largest absolute Gasteiger partial charge is 0.478 e. The van der Waals surface area contributed by atoms with Crippen LogP contribution in [0.1, 0.15) is 83.4 Å². The maximum Gasteiger partial charge on any atom is 0.336 e. The summed E-state index contributed by atoms with van der Waals surface area (Å²) in [7, 11) is 0. The third kappa shape index (κ3) is 5.85. The Morgan fingerprint density at radius 3 is 2.34 bits per heavy atom. The van der Waals surface area contributed by atoms with E-state index in [4.69, 9.17) is 0 Å². The lowest BCUT2D eigenvalue weighted by Gasteiger charge is -2.11. The summed E-state index contributed by atoms with van der Waals surface area (Å²) < 4.78 is 2.56. The number of rotatable bonds is 11. The molecule has 0 aliphatic carbocycles. The summed E-state index contributed by atoms with van der Waals surface area (Å²) >= 11 is 0. The van der Waals surface area contributed by atoms with Gasteiger partial charge in [-0.2, -0.15) is 0 Å². The molecule has 3 rings (SSSR count). The Morgan fingerprint density at radius 1 is 1.06 bits per heavy atom. The second-order valence-corrected chi connectivity index (χ2v) is 9.13. The molecule has 0 spiro atoms. The average Bonchev–Trinajstić information content (AvgIpc) is 3.12. The molecule has 184 valence electrons. The van der Waals surface area contributed by atoms with Crippen molar-refractivity contribution in [2.75, 3.05) is 0 Å². The SMILES string of the molecule is CCCCC(=O)n1c(C=O)c(CCC(C)C)n(Cc2ccc(-c3ccccc3C(=O)O)cc2)c1=O. The number of hydrogen-bond donors (Lipinski definition) is 1. The molecule has 1 N–H and O–H groups in total. The second kappa shape index (κ2) is 11.6. The second-order valence-electron chi connectivity index (χ2n) is 9.13. The van der Waals surface area contributed by atoms with Gasteiger partial charge in [-0.05, 0) is 47.9 Å². The highest BCUT2D eigenvalue weighted by Gasteiger charge is 2.23. The number of unbranched alkanes of at least 4 members (excludes halogenated alkanes) is 1. The first-order chi connectivity index (χ1) is 16.8. The Morgan fingerprint density at radius 2 is 1.74 bits per heavy atom. The van der Waals surface area contributed by atoms with Gasteiger partial charge in [-0.1, -0.05) is 69.7 Å². The predicted octanol–water partition coefficient (Wildman–Crippen LogP) is 5.29. The normalized spacial score (nSPS) is 11.1. The van der Waals surface area contributed by atoms with Gasteiger partial charge in [-0.25, -0.2) is 14.2 Å². The van der Waals surface area contributed by atoms with Gasteiger partial charge < -0.3 is 5.11 Å². The van der Waals surface area contributed by atoms with E-state index in [1.807, 2.05) is 31.2 Å². The molecule has 0 aliphatic rings. The molecule has 2 aromatic carbocycles. The molecule has 1 heterocycles. The molecular weight excluding hydrogens is 444 g/mol. The van der Waals surface area contributed by atoms with Crippen LogP contribution in [0.15, 0.2) is 53.3 Å². The van der Waals surface area contributed by atoms with E-state index >= 15 is 0 Å². The number of benzene rings is 2. The van der Waals surface area contributed by atoms with Crippen LogP contribution in [-0.2, 0) is 13.0 Å². The Bertz CT molecular complexity index is 1270. The minimum Gasteiger partial charge on any atom is -0.478 e. The van der Waals surface area contributed by atoms with E-state index < -0.39 is 11.7 Å². The van der Waals surface area contributed by atoms with Crippen molar-refractivity contribution in [3.63, 3.8) is 0 Å². The van der Waals surface area contributed by atoms with Crippen molar-refractivity contribution in [2.24, 2.45) is 5.92 Å². The first kappa shape index (κ1) is 25.9. The van der Waals surface area contributed by atoms with E-state index in [9.17, 15) is 24.3 Å². The minimum atomic E-state index is -0.999. The monoisotopic (exact) mass is 476 g/mol. The molecule has 0 aliphatic heterocycles. The molecule has 0 atom stereocenters. The summed E-state index contributed by atoms with van der Waals surface area (Å²) in [6.45, 7) is 6.32. The number of aromatic nitrogens is 2. The van der Waals surface area contributed by atoms with Gasteiger partial charge >= 0.3 is 11.7 Å². The highest BCUT2D eigenvalue weighted by atomic mass is 16.4. The van der Waals surface area contributed by atoms with E-state index in [1.165, 1.54) is 4.57 Å². The van der Waals surface area contributed by atoms with E-state index in [0.717, 1.165) is 28.5 Å². The summed E-state index contributed by atoms with van der Waals surface area (Å²) in [6, 6.07) is 14.1. The summed E-state index contributed by atoms with van der Waals surface area (Å²) in [5.41, 5.74) is 2.60. The van der Waals surface area contributed by atoms with Crippen molar-refractivity contribution in [1.82, 2.24) is 9.13 Å². The van der Waals surface area contributed by atoms with Crippen molar-refractivity contribution in [2.45, 2.75) is 59.4 Å². The molecule has 0 saturated heterocycles. The number of hydrogen-bond acceptors (Lipinski definition) is 4. The number of carbonyl (C=O) groups is 3. The Labute approximate surface area is 205 Å². The molecule has 0 fully saturated rings. The van der Waals surface area contributed by atoms with Crippen molar-refractivity contribution in [1.29, 1.82) is 0 Å². The van der Waals surface area contributed by atoms with Gasteiger partial charge in [-0.3, -0.25) is 14.2 Å². The lowest BCUT2D eigenvalue weighted by Crippen LogP contribution is -2.30. The van der Waals surface area contributed by atoms with Crippen LogP contribution in [0.4, 0.5) is 0 Å². The average molecular weight is 477 g/mol. The molecule has 0 amide bonds. The zero-order valence-electron chi connectivity index (χ0n) is 20.5. The fourth-order valence-electron chi connectivity index (χ4n) is 4.15. The number of imidazole rings is 1. The smallest absolute Gasteiger partial charge is 0.336 e.